The summed E-state index contributed by atoms with van der Waals surface area (Å²) in [5.74, 6) is -0.137. The third kappa shape index (κ3) is 3.33. The molecule has 1 heterocycles. The van der Waals surface area contributed by atoms with Gasteiger partial charge in [-0.2, -0.15) is 0 Å². The minimum Gasteiger partial charge on any atom is -0.399 e. The SMILES string of the molecule is Nc1cc(Br)cc(C(=O)NCCc2cnc[nH]2)c1. The normalized spacial score (nSPS) is 10.3. The third-order valence-electron chi connectivity index (χ3n) is 2.42. The van der Waals surface area contributed by atoms with E-state index in [9.17, 15) is 4.79 Å². The Morgan fingerprint density at radius 1 is 1.44 bits per heavy atom. The van der Waals surface area contributed by atoms with Crippen LogP contribution >= 0.6 is 15.9 Å². The van der Waals surface area contributed by atoms with E-state index in [1.54, 1.807) is 30.7 Å². The van der Waals surface area contributed by atoms with Crippen molar-refractivity contribution in [2.75, 3.05) is 12.3 Å². The summed E-state index contributed by atoms with van der Waals surface area (Å²) in [6.45, 7) is 0.549. The second-order valence-corrected chi connectivity index (χ2v) is 4.77. The van der Waals surface area contributed by atoms with Gasteiger partial charge in [0.15, 0.2) is 0 Å². The molecule has 0 bridgehead atoms. The number of nitrogen functional groups attached to an aromatic ring is 1. The van der Waals surface area contributed by atoms with Crippen molar-refractivity contribution < 1.29 is 4.79 Å². The van der Waals surface area contributed by atoms with E-state index in [1.165, 1.54) is 0 Å². The Morgan fingerprint density at radius 2 is 2.28 bits per heavy atom. The first-order valence-electron chi connectivity index (χ1n) is 5.46. The molecule has 0 fully saturated rings. The molecule has 0 saturated heterocycles. The summed E-state index contributed by atoms with van der Waals surface area (Å²) < 4.78 is 0.793. The van der Waals surface area contributed by atoms with Gasteiger partial charge in [0.05, 0.1) is 6.33 Å². The molecule has 0 aliphatic rings. The van der Waals surface area contributed by atoms with Crippen molar-refractivity contribution in [1.29, 1.82) is 0 Å². The summed E-state index contributed by atoms with van der Waals surface area (Å²) in [4.78, 5) is 18.8. The minimum atomic E-state index is -0.137. The molecule has 0 aliphatic heterocycles. The molecule has 1 amide bonds. The fourth-order valence-corrected chi connectivity index (χ4v) is 2.09. The van der Waals surface area contributed by atoms with E-state index in [2.05, 4.69) is 31.2 Å². The number of rotatable bonds is 4. The van der Waals surface area contributed by atoms with Crippen molar-refractivity contribution in [1.82, 2.24) is 15.3 Å². The molecular formula is C12H13BrN4O. The van der Waals surface area contributed by atoms with Crippen LogP contribution in [-0.2, 0) is 6.42 Å². The van der Waals surface area contributed by atoms with Crippen LogP contribution in [0, 0.1) is 0 Å². The average Bonchev–Trinajstić information content (AvgIpc) is 2.80. The molecule has 18 heavy (non-hydrogen) atoms. The van der Waals surface area contributed by atoms with Gasteiger partial charge in [-0.1, -0.05) is 15.9 Å². The van der Waals surface area contributed by atoms with Crippen LogP contribution < -0.4 is 11.1 Å². The highest BCUT2D eigenvalue weighted by atomic mass is 79.9. The van der Waals surface area contributed by atoms with Gasteiger partial charge in [-0.15, -0.1) is 0 Å². The number of amides is 1. The molecule has 0 radical (unpaired) electrons. The highest BCUT2D eigenvalue weighted by Crippen LogP contribution is 2.17. The molecule has 1 aromatic carbocycles. The van der Waals surface area contributed by atoms with Gasteiger partial charge in [-0.25, -0.2) is 4.98 Å². The van der Waals surface area contributed by atoms with Gasteiger partial charge < -0.3 is 16.0 Å². The molecule has 0 unspecified atom stereocenters. The van der Waals surface area contributed by atoms with Crippen LogP contribution in [0.5, 0.6) is 0 Å². The zero-order valence-electron chi connectivity index (χ0n) is 9.61. The number of aromatic nitrogens is 2. The average molecular weight is 309 g/mol. The lowest BCUT2D eigenvalue weighted by Gasteiger charge is -2.06. The smallest absolute Gasteiger partial charge is 0.251 e. The van der Waals surface area contributed by atoms with Gasteiger partial charge >= 0.3 is 0 Å². The zero-order valence-corrected chi connectivity index (χ0v) is 11.2. The number of halogens is 1. The standard InChI is InChI=1S/C12H13BrN4O/c13-9-3-8(4-10(14)5-9)12(18)16-2-1-11-6-15-7-17-11/h3-7H,1-2,14H2,(H,15,17)(H,16,18). The highest BCUT2D eigenvalue weighted by Gasteiger charge is 2.06. The molecular weight excluding hydrogens is 296 g/mol. The van der Waals surface area contributed by atoms with Crippen LogP contribution in [0.3, 0.4) is 0 Å². The van der Waals surface area contributed by atoms with Crippen molar-refractivity contribution in [3.05, 3.63) is 46.5 Å². The lowest BCUT2D eigenvalue weighted by molar-refractivity contribution is 0.0954. The van der Waals surface area contributed by atoms with Crippen LogP contribution in [0.15, 0.2) is 35.2 Å². The lowest BCUT2D eigenvalue weighted by atomic mass is 10.2. The Morgan fingerprint density at radius 3 is 2.94 bits per heavy atom. The second-order valence-electron chi connectivity index (χ2n) is 3.86. The minimum absolute atomic E-state index is 0.137. The molecule has 0 aliphatic carbocycles. The maximum Gasteiger partial charge on any atom is 0.251 e. The predicted molar refractivity (Wildman–Crippen MR) is 73.2 cm³/mol. The molecule has 2 aromatic rings. The van der Waals surface area contributed by atoms with Gasteiger partial charge in [0, 0.05) is 40.6 Å². The number of anilines is 1. The van der Waals surface area contributed by atoms with Gasteiger partial charge in [-0.05, 0) is 18.2 Å². The van der Waals surface area contributed by atoms with Gasteiger partial charge in [0.1, 0.15) is 0 Å². The van der Waals surface area contributed by atoms with Crippen LogP contribution in [0.2, 0.25) is 0 Å². The summed E-state index contributed by atoms with van der Waals surface area (Å²) in [6, 6.07) is 5.14. The van der Waals surface area contributed by atoms with E-state index in [4.69, 9.17) is 5.73 Å². The number of hydrogen-bond donors (Lipinski definition) is 3. The van der Waals surface area contributed by atoms with Crippen molar-refractivity contribution in [2.24, 2.45) is 0 Å². The zero-order chi connectivity index (χ0) is 13.0. The number of nitrogens with zero attached hydrogens (tertiary/aromatic N) is 1. The fraction of sp³-hybridized carbons (Fsp3) is 0.167. The van der Waals surface area contributed by atoms with E-state index in [0.717, 1.165) is 16.6 Å². The maximum atomic E-state index is 11.9. The third-order valence-corrected chi connectivity index (χ3v) is 2.87. The molecule has 0 saturated carbocycles. The fourth-order valence-electron chi connectivity index (χ4n) is 1.58. The number of benzene rings is 1. The predicted octanol–water partition coefficient (Wildman–Crippen LogP) is 1.73. The molecule has 1 aromatic heterocycles. The first kappa shape index (κ1) is 12.6. The number of imidazole rings is 1. The number of carbonyl (C=O) groups excluding carboxylic acids is 1. The largest absolute Gasteiger partial charge is 0.399 e. The first-order chi connectivity index (χ1) is 8.65. The first-order valence-corrected chi connectivity index (χ1v) is 6.26. The number of H-pyrrole nitrogens is 1. The Bertz CT molecular complexity index is 519. The number of nitrogens with one attached hydrogen (secondary N) is 2. The van der Waals surface area contributed by atoms with E-state index in [-0.39, 0.29) is 5.91 Å². The summed E-state index contributed by atoms with van der Waals surface area (Å²) in [6.07, 6.45) is 4.07. The van der Waals surface area contributed by atoms with Gasteiger partial charge in [0.2, 0.25) is 0 Å². The van der Waals surface area contributed by atoms with Gasteiger partial charge in [0.25, 0.3) is 5.91 Å². The summed E-state index contributed by atoms with van der Waals surface area (Å²) in [7, 11) is 0. The number of nitrogens with two attached hydrogens (primary N) is 1. The van der Waals surface area contributed by atoms with Crippen LogP contribution in [0.1, 0.15) is 16.1 Å². The molecule has 0 atom stereocenters. The van der Waals surface area contributed by atoms with Gasteiger partial charge in [-0.3, -0.25) is 4.79 Å². The number of hydrogen-bond acceptors (Lipinski definition) is 3. The van der Waals surface area contributed by atoms with E-state index >= 15 is 0 Å². The molecule has 2 rings (SSSR count). The Hall–Kier alpha value is -1.82. The molecule has 6 heteroatoms. The van der Waals surface area contributed by atoms with Crippen molar-refractivity contribution in [3.63, 3.8) is 0 Å². The highest BCUT2D eigenvalue weighted by molar-refractivity contribution is 9.10. The lowest BCUT2D eigenvalue weighted by Crippen LogP contribution is -2.25. The van der Waals surface area contributed by atoms with E-state index in [1.807, 2.05) is 0 Å². The van der Waals surface area contributed by atoms with E-state index in [0.29, 0.717) is 17.8 Å². The Labute approximate surface area is 113 Å². The second kappa shape index (κ2) is 5.68. The molecule has 94 valence electrons. The van der Waals surface area contributed by atoms with Crippen LogP contribution in [-0.4, -0.2) is 22.4 Å². The molecule has 5 nitrogen and oxygen atoms in total. The maximum absolute atomic E-state index is 11.9. The van der Waals surface area contributed by atoms with Crippen molar-refractivity contribution >= 4 is 27.5 Å². The van der Waals surface area contributed by atoms with Crippen molar-refractivity contribution in [3.8, 4) is 0 Å². The quantitative estimate of drug-likeness (QED) is 0.752. The topological polar surface area (TPSA) is 83.8 Å². The Kier molecular flexibility index (Phi) is 3.99. The molecule has 4 N–H and O–H groups in total. The Balaban J connectivity index is 1.91. The summed E-state index contributed by atoms with van der Waals surface area (Å²) >= 11 is 3.31. The number of aromatic amines is 1. The summed E-state index contributed by atoms with van der Waals surface area (Å²) in [5, 5.41) is 2.83. The van der Waals surface area contributed by atoms with Crippen molar-refractivity contribution in [2.45, 2.75) is 6.42 Å². The monoisotopic (exact) mass is 308 g/mol. The molecule has 0 spiro atoms. The van der Waals surface area contributed by atoms with E-state index < -0.39 is 0 Å². The summed E-state index contributed by atoms with van der Waals surface area (Å²) in [5.41, 5.74) is 7.78. The van der Waals surface area contributed by atoms with Crippen LogP contribution in [0.25, 0.3) is 0 Å². The van der Waals surface area contributed by atoms with Crippen LogP contribution in [0.4, 0.5) is 5.69 Å². The number of carbonyl (C=O) groups is 1.